The summed E-state index contributed by atoms with van der Waals surface area (Å²) < 4.78 is 0. The van der Waals surface area contributed by atoms with Gasteiger partial charge in [-0.15, -0.1) is 0 Å². The van der Waals surface area contributed by atoms with Crippen LogP contribution in [0, 0.1) is 5.92 Å². The van der Waals surface area contributed by atoms with E-state index in [1.54, 1.807) is 12.1 Å². The number of carbonyl (C=O) groups is 2. The molecule has 0 spiro atoms. The summed E-state index contributed by atoms with van der Waals surface area (Å²) in [4.78, 5) is 22.6. The molecule has 0 fully saturated rings. The zero-order chi connectivity index (χ0) is 12.7. The first kappa shape index (κ1) is 13.4. The van der Waals surface area contributed by atoms with Gasteiger partial charge in [0.05, 0.1) is 0 Å². The van der Waals surface area contributed by atoms with Gasteiger partial charge in [0.2, 0.25) is 0 Å². The molecule has 3 heteroatoms. The summed E-state index contributed by atoms with van der Waals surface area (Å²) >= 11 is 0. The second kappa shape index (κ2) is 6.84. The number of Topliss-reactive ketones (excluding diaryl/α,β-unsaturated/α-hetero) is 1. The van der Waals surface area contributed by atoms with E-state index >= 15 is 0 Å². The molecule has 0 amide bonds. The van der Waals surface area contributed by atoms with Crippen molar-refractivity contribution in [2.75, 3.05) is 0 Å². The predicted octanol–water partition coefficient (Wildman–Crippen LogP) is 3.15. The minimum absolute atomic E-state index is 0.0327. The largest absolute Gasteiger partial charge is 0.481 e. The van der Waals surface area contributed by atoms with Crippen LogP contribution in [0.1, 0.15) is 43.0 Å². The van der Waals surface area contributed by atoms with E-state index in [0.717, 1.165) is 12.8 Å². The highest BCUT2D eigenvalue weighted by atomic mass is 16.4. The van der Waals surface area contributed by atoms with Crippen molar-refractivity contribution in [1.29, 1.82) is 0 Å². The Kier molecular flexibility index (Phi) is 5.40. The van der Waals surface area contributed by atoms with Crippen molar-refractivity contribution in [2.24, 2.45) is 5.92 Å². The lowest BCUT2D eigenvalue weighted by Crippen LogP contribution is -2.13. The number of rotatable bonds is 7. The van der Waals surface area contributed by atoms with Gasteiger partial charge >= 0.3 is 5.97 Å². The Balaban J connectivity index is 2.60. The van der Waals surface area contributed by atoms with Crippen LogP contribution < -0.4 is 0 Å². The zero-order valence-electron chi connectivity index (χ0n) is 10.1. The minimum atomic E-state index is -0.829. The average molecular weight is 234 g/mol. The molecule has 0 aliphatic carbocycles. The summed E-state index contributed by atoms with van der Waals surface area (Å²) in [5.41, 5.74) is 0.666. The molecule has 0 saturated heterocycles. The van der Waals surface area contributed by atoms with E-state index in [1.165, 1.54) is 0 Å². The second-order valence-electron chi connectivity index (χ2n) is 4.25. The number of ketones is 1. The van der Waals surface area contributed by atoms with E-state index in [9.17, 15) is 9.59 Å². The molecule has 0 aromatic heterocycles. The first-order valence-electron chi connectivity index (χ1n) is 5.93. The third-order valence-corrected chi connectivity index (χ3v) is 2.73. The smallest absolute Gasteiger partial charge is 0.303 e. The van der Waals surface area contributed by atoms with Crippen LogP contribution in [0.4, 0.5) is 0 Å². The summed E-state index contributed by atoms with van der Waals surface area (Å²) in [5.74, 6) is -0.847. The number of hydrogen-bond donors (Lipinski definition) is 1. The maximum Gasteiger partial charge on any atom is 0.303 e. The van der Waals surface area contributed by atoms with Gasteiger partial charge in [0.1, 0.15) is 0 Å². The number of carboxylic acid groups (broad SMARTS) is 1. The van der Waals surface area contributed by atoms with Crippen molar-refractivity contribution in [3.63, 3.8) is 0 Å². The fourth-order valence-corrected chi connectivity index (χ4v) is 1.94. The third kappa shape index (κ3) is 4.81. The molecule has 0 aliphatic rings. The van der Waals surface area contributed by atoms with Crippen LogP contribution in [0.5, 0.6) is 0 Å². The molecule has 1 N–H and O–H groups in total. The molecule has 0 bridgehead atoms. The highest BCUT2D eigenvalue weighted by Gasteiger charge is 2.17. The summed E-state index contributed by atoms with van der Waals surface area (Å²) in [6.45, 7) is 2.00. The average Bonchev–Trinajstić information content (AvgIpc) is 2.29. The summed E-state index contributed by atoms with van der Waals surface area (Å²) in [5, 5.41) is 8.78. The van der Waals surface area contributed by atoms with E-state index in [1.807, 2.05) is 25.1 Å². The molecule has 92 valence electrons. The van der Waals surface area contributed by atoms with Crippen LogP contribution in [0.3, 0.4) is 0 Å². The highest BCUT2D eigenvalue weighted by molar-refractivity contribution is 5.96. The van der Waals surface area contributed by atoms with Gasteiger partial charge in [-0.1, -0.05) is 43.7 Å². The summed E-state index contributed by atoms with van der Waals surface area (Å²) in [6, 6.07) is 9.04. The Hall–Kier alpha value is -1.64. The van der Waals surface area contributed by atoms with Crippen LogP contribution in [0.2, 0.25) is 0 Å². The molecule has 0 saturated carbocycles. The van der Waals surface area contributed by atoms with Crippen molar-refractivity contribution in [2.45, 2.75) is 32.6 Å². The van der Waals surface area contributed by atoms with E-state index < -0.39 is 5.97 Å². The summed E-state index contributed by atoms with van der Waals surface area (Å²) in [7, 11) is 0. The number of benzene rings is 1. The van der Waals surface area contributed by atoms with Gasteiger partial charge in [-0.3, -0.25) is 9.59 Å². The minimum Gasteiger partial charge on any atom is -0.481 e. The molecule has 0 heterocycles. The second-order valence-corrected chi connectivity index (χ2v) is 4.25. The van der Waals surface area contributed by atoms with Crippen molar-refractivity contribution in [3.05, 3.63) is 35.9 Å². The van der Waals surface area contributed by atoms with Crippen molar-refractivity contribution in [1.82, 2.24) is 0 Å². The van der Waals surface area contributed by atoms with E-state index in [-0.39, 0.29) is 18.1 Å². The maximum atomic E-state index is 11.9. The van der Waals surface area contributed by atoms with E-state index in [2.05, 4.69) is 0 Å². The highest BCUT2D eigenvalue weighted by Crippen LogP contribution is 2.18. The zero-order valence-corrected chi connectivity index (χ0v) is 10.1. The number of carbonyl (C=O) groups excluding carboxylic acids is 1. The van der Waals surface area contributed by atoms with E-state index in [0.29, 0.717) is 12.0 Å². The molecule has 1 rings (SSSR count). The SMILES string of the molecule is CCC[C@H](CC(=O)O)CC(=O)c1ccccc1. The lowest BCUT2D eigenvalue weighted by Gasteiger charge is -2.12. The first-order chi connectivity index (χ1) is 8.13. The Labute approximate surface area is 101 Å². The normalized spacial score (nSPS) is 12.1. The first-order valence-corrected chi connectivity index (χ1v) is 5.93. The Morgan fingerprint density at radius 3 is 2.35 bits per heavy atom. The van der Waals surface area contributed by atoms with Crippen molar-refractivity contribution in [3.8, 4) is 0 Å². The monoisotopic (exact) mass is 234 g/mol. The lowest BCUT2D eigenvalue weighted by molar-refractivity contribution is -0.138. The van der Waals surface area contributed by atoms with Gasteiger partial charge in [-0.25, -0.2) is 0 Å². The Bertz CT molecular complexity index is 370. The lowest BCUT2D eigenvalue weighted by atomic mass is 9.92. The number of carboxylic acids is 1. The van der Waals surface area contributed by atoms with Gasteiger partial charge in [-0.05, 0) is 12.3 Å². The fraction of sp³-hybridized carbons (Fsp3) is 0.429. The standard InChI is InChI=1S/C14H18O3/c1-2-6-11(10-14(16)17)9-13(15)12-7-4-3-5-8-12/h3-5,7-8,11H,2,6,9-10H2,1H3,(H,16,17)/t11-/m0/s1. The van der Waals surface area contributed by atoms with Crippen LogP contribution in [-0.4, -0.2) is 16.9 Å². The Morgan fingerprint density at radius 1 is 1.18 bits per heavy atom. The fourth-order valence-electron chi connectivity index (χ4n) is 1.94. The van der Waals surface area contributed by atoms with Crippen molar-refractivity contribution < 1.29 is 14.7 Å². The van der Waals surface area contributed by atoms with Gasteiger partial charge in [0.15, 0.2) is 5.78 Å². The molecule has 0 radical (unpaired) electrons. The van der Waals surface area contributed by atoms with Crippen LogP contribution in [0.25, 0.3) is 0 Å². The van der Waals surface area contributed by atoms with Gasteiger partial charge in [-0.2, -0.15) is 0 Å². The summed E-state index contributed by atoms with van der Waals surface area (Å²) in [6.07, 6.45) is 2.08. The third-order valence-electron chi connectivity index (χ3n) is 2.73. The Morgan fingerprint density at radius 2 is 1.82 bits per heavy atom. The molecule has 17 heavy (non-hydrogen) atoms. The van der Waals surface area contributed by atoms with Gasteiger partial charge < -0.3 is 5.11 Å². The molecule has 1 aromatic carbocycles. The van der Waals surface area contributed by atoms with Crippen molar-refractivity contribution >= 4 is 11.8 Å². The molecule has 0 aliphatic heterocycles. The molecular formula is C14H18O3. The van der Waals surface area contributed by atoms with Crippen LogP contribution >= 0.6 is 0 Å². The number of aliphatic carboxylic acids is 1. The maximum absolute atomic E-state index is 11.9. The molecule has 0 unspecified atom stereocenters. The molecule has 1 aromatic rings. The van der Waals surface area contributed by atoms with Gasteiger partial charge in [0, 0.05) is 18.4 Å². The topological polar surface area (TPSA) is 54.4 Å². The van der Waals surface area contributed by atoms with Crippen LogP contribution in [0.15, 0.2) is 30.3 Å². The number of hydrogen-bond acceptors (Lipinski definition) is 2. The predicted molar refractivity (Wildman–Crippen MR) is 66.0 cm³/mol. The molecule has 3 nitrogen and oxygen atoms in total. The van der Waals surface area contributed by atoms with Crippen LogP contribution in [-0.2, 0) is 4.79 Å². The quantitative estimate of drug-likeness (QED) is 0.737. The van der Waals surface area contributed by atoms with E-state index in [4.69, 9.17) is 5.11 Å². The van der Waals surface area contributed by atoms with Gasteiger partial charge in [0.25, 0.3) is 0 Å². The molecular weight excluding hydrogens is 216 g/mol. The molecule has 1 atom stereocenters.